The minimum Gasteiger partial charge on any atom is -0.336 e. The van der Waals surface area contributed by atoms with Gasteiger partial charge in [0.2, 0.25) is 5.56 Å². The van der Waals surface area contributed by atoms with Gasteiger partial charge in [0.05, 0.1) is 11.1 Å². The number of aromatic nitrogens is 2. The highest BCUT2D eigenvalue weighted by molar-refractivity contribution is 6.09. The summed E-state index contributed by atoms with van der Waals surface area (Å²) in [5, 5.41) is 3.96. The van der Waals surface area contributed by atoms with Crippen molar-refractivity contribution in [2.75, 3.05) is 26.2 Å². The highest BCUT2D eigenvalue weighted by Gasteiger charge is 2.28. The number of hydrogen-bond donors (Lipinski definition) is 2. The van der Waals surface area contributed by atoms with Crippen LogP contribution in [0.25, 0.3) is 16.6 Å². The van der Waals surface area contributed by atoms with Crippen LogP contribution in [0, 0.1) is 12.7 Å². The summed E-state index contributed by atoms with van der Waals surface area (Å²) in [5.41, 5.74) is 3.91. The molecule has 6 nitrogen and oxygen atoms in total. The number of para-hydroxylation sites is 1. The molecule has 3 heterocycles. The van der Waals surface area contributed by atoms with Gasteiger partial charge in [-0.15, -0.1) is 24.8 Å². The van der Waals surface area contributed by atoms with Crippen LogP contribution in [-0.2, 0) is 6.42 Å². The van der Waals surface area contributed by atoms with E-state index in [4.69, 9.17) is 0 Å². The summed E-state index contributed by atoms with van der Waals surface area (Å²) in [6.45, 7) is 4.44. The monoisotopic (exact) mass is 516 g/mol. The maximum Gasteiger partial charge on any atom is 0.256 e. The van der Waals surface area contributed by atoms with E-state index in [1.54, 1.807) is 19.2 Å². The molecule has 0 atom stereocenters. The molecule has 0 radical (unpaired) electrons. The number of amides is 1. The first kappa shape index (κ1) is 26.5. The van der Waals surface area contributed by atoms with Crippen molar-refractivity contribution >= 4 is 41.6 Å². The van der Waals surface area contributed by atoms with Crippen molar-refractivity contribution in [3.8, 4) is 5.69 Å². The Morgan fingerprint density at radius 3 is 2.46 bits per heavy atom. The lowest BCUT2D eigenvalue weighted by Gasteiger charge is -2.28. The quantitative estimate of drug-likeness (QED) is 0.426. The van der Waals surface area contributed by atoms with Crippen LogP contribution in [0.2, 0.25) is 0 Å². The first-order valence-corrected chi connectivity index (χ1v) is 11.1. The van der Waals surface area contributed by atoms with E-state index in [0.29, 0.717) is 41.5 Å². The molecule has 0 unspecified atom stereocenters. The molecule has 2 N–H and O–H groups in total. The molecule has 2 aromatic heterocycles. The van der Waals surface area contributed by atoms with Gasteiger partial charge >= 0.3 is 0 Å². The van der Waals surface area contributed by atoms with E-state index in [1.165, 1.54) is 12.1 Å². The average Bonchev–Trinajstić information content (AvgIpc) is 3.15. The number of carbonyl (C=O) groups excluding carboxylic acids is 1. The third-order valence-corrected chi connectivity index (χ3v) is 6.34. The first-order chi connectivity index (χ1) is 16.0. The molecule has 0 bridgehead atoms. The second-order valence-corrected chi connectivity index (χ2v) is 8.33. The van der Waals surface area contributed by atoms with Crippen molar-refractivity contribution in [2.45, 2.75) is 13.3 Å². The minimum absolute atomic E-state index is 0. The fourth-order valence-electron chi connectivity index (χ4n) is 4.59. The topological polar surface area (TPSA) is 70.1 Å². The standard InChI is InChI=1S/C26H25FN4O2.2ClH/c1-17-18(6-5-9-21(17)27)14-23-25(26(33)30-12-10-28-11-13-30)20-16-29-24(32)15-22(20)31(23)19-7-3-2-4-8-19;;/h2-9,15-16,28H,10-14H2,1H3,(H,29,32);2*1H. The zero-order chi connectivity index (χ0) is 22.9. The molecular formula is C26H27Cl2FN4O2. The summed E-state index contributed by atoms with van der Waals surface area (Å²) >= 11 is 0. The van der Waals surface area contributed by atoms with E-state index >= 15 is 0 Å². The van der Waals surface area contributed by atoms with E-state index < -0.39 is 0 Å². The Morgan fingerprint density at radius 2 is 1.74 bits per heavy atom. The molecule has 9 heteroatoms. The van der Waals surface area contributed by atoms with Crippen molar-refractivity contribution in [2.24, 2.45) is 0 Å². The number of H-pyrrole nitrogens is 1. The van der Waals surface area contributed by atoms with Gasteiger partial charge in [-0.25, -0.2) is 4.39 Å². The number of aromatic amines is 1. The molecule has 0 spiro atoms. The fraction of sp³-hybridized carbons (Fsp3) is 0.231. The number of piperazine rings is 1. The number of benzene rings is 2. The highest BCUT2D eigenvalue weighted by Crippen LogP contribution is 2.32. The summed E-state index contributed by atoms with van der Waals surface area (Å²) in [5.74, 6) is -0.354. The third-order valence-electron chi connectivity index (χ3n) is 6.34. The van der Waals surface area contributed by atoms with Gasteiger partial charge in [-0.3, -0.25) is 9.59 Å². The molecule has 1 fully saturated rings. The maximum absolute atomic E-state index is 14.4. The lowest BCUT2D eigenvalue weighted by Crippen LogP contribution is -2.46. The van der Waals surface area contributed by atoms with Crippen molar-refractivity contribution in [3.05, 3.63) is 99.3 Å². The molecule has 35 heavy (non-hydrogen) atoms. The molecule has 184 valence electrons. The zero-order valence-electron chi connectivity index (χ0n) is 19.2. The summed E-state index contributed by atoms with van der Waals surface area (Å²) in [6, 6.07) is 16.2. The minimum atomic E-state index is -0.278. The largest absolute Gasteiger partial charge is 0.336 e. The molecule has 1 saturated heterocycles. The molecule has 0 saturated carbocycles. The van der Waals surface area contributed by atoms with Gasteiger partial charge in [0.15, 0.2) is 0 Å². The van der Waals surface area contributed by atoms with Crippen LogP contribution in [0.3, 0.4) is 0 Å². The maximum atomic E-state index is 14.4. The molecule has 4 aromatic rings. The Bertz CT molecular complexity index is 1400. The smallest absolute Gasteiger partial charge is 0.256 e. The first-order valence-electron chi connectivity index (χ1n) is 11.1. The van der Waals surface area contributed by atoms with Crippen LogP contribution in [0.1, 0.15) is 27.2 Å². The molecule has 1 aliphatic heterocycles. The summed E-state index contributed by atoms with van der Waals surface area (Å²) < 4.78 is 16.3. The predicted molar refractivity (Wildman–Crippen MR) is 141 cm³/mol. The van der Waals surface area contributed by atoms with Gasteiger partial charge < -0.3 is 19.8 Å². The van der Waals surface area contributed by atoms with E-state index in [9.17, 15) is 14.0 Å². The van der Waals surface area contributed by atoms with E-state index in [-0.39, 0.29) is 42.1 Å². The van der Waals surface area contributed by atoms with Gasteiger partial charge in [0, 0.05) is 61.6 Å². The number of nitrogens with zero attached hydrogens (tertiary/aromatic N) is 2. The number of hydrogen-bond acceptors (Lipinski definition) is 3. The lowest BCUT2D eigenvalue weighted by molar-refractivity contribution is 0.0736. The number of pyridine rings is 1. The number of nitrogens with one attached hydrogen (secondary N) is 2. The Labute approximate surface area is 215 Å². The van der Waals surface area contributed by atoms with Crippen molar-refractivity contribution < 1.29 is 9.18 Å². The van der Waals surface area contributed by atoms with Crippen molar-refractivity contribution in [3.63, 3.8) is 0 Å². The summed E-state index contributed by atoms with van der Waals surface area (Å²) in [4.78, 5) is 30.7. The van der Waals surface area contributed by atoms with Gasteiger partial charge in [0.25, 0.3) is 5.91 Å². The van der Waals surface area contributed by atoms with Gasteiger partial charge in [0.1, 0.15) is 5.82 Å². The number of rotatable bonds is 4. The molecule has 0 aliphatic carbocycles. The average molecular weight is 517 g/mol. The van der Waals surface area contributed by atoms with Crippen molar-refractivity contribution in [1.29, 1.82) is 0 Å². The summed E-state index contributed by atoms with van der Waals surface area (Å²) in [7, 11) is 0. The van der Waals surface area contributed by atoms with Crippen LogP contribution in [0.4, 0.5) is 4.39 Å². The Balaban J connectivity index is 0.00000171. The second-order valence-electron chi connectivity index (χ2n) is 8.33. The SMILES string of the molecule is Cc1c(F)cccc1Cc1c(C(=O)N2CCNCC2)c2c[nH]c(=O)cc2n1-c1ccccc1.Cl.Cl. The molecule has 5 rings (SSSR count). The Morgan fingerprint density at radius 1 is 1.03 bits per heavy atom. The molecule has 1 amide bonds. The normalized spacial score (nSPS) is 13.3. The number of carbonyl (C=O) groups is 1. The van der Waals surface area contributed by atoms with E-state index in [1.807, 2.05) is 45.9 Å². The molecule has 2 aromatic carbocycles. The van der Waals surface area contributed by atoms with Gasteiger partial charge in [-0.05, 0) is 36.2 Å². The third kappa shape index (κ3) is 4.98. The van der Waals surface area contributed by atoms with E-state index in [0.717, 1.165) is 30.0 Å². The van der Waals surface area contributed by atoms with Gasteiger partial charge in [-0.1, -0.05) is 30.3 Å². The number of fused-ring (bicyclic) bond motifs is 1. The van der Waals surface area contributed by atoms with Crippen molar-refractivity contribution in [1.82, 2.24) is 19.8 Å². The van der Waals surface area contributed by atoms with Crippen LogP contribution < -0.4 is 10.9 Å². The highest BCUT2D eigenvalue weighted by atomic mass is 35.5. The van der Waals surface area contributed by atoms with E-state index in [2.05, 4.69) is 10.3 Å². The number of halogens is 3. The Kier molecular flexibility index (Phi) is 8.38. The lowest BCUT2D eigenvalue weighted by atomic mass is 10.00. The zero-order valence-corrected chi connectivity index (χ0v) is 20.8. The van der Waals surface area contributed by atoms with Crippen LogP contribution in [-0.4, -0.2) is 46.5 Å². The Hall–Kier alpha value is -3.13. The summed E-state index contributed by atoms with van der Waals surface area (Å²) in [6.07, 6.45) is 1.98. The van der Waals surface area contributed by atoms with Crippen LogP contribution >= 0.6 is 24.8 Å². The van der Waals surface area contributed by atoms with Crippen LogP contribution in [0.15, 0.2) is 65.6 Å². The predicted octanol–water partition coefficient (Wildman–Crippen LogP) is 4.25. The molecular weight excluding hydrogens is 490 g/mol. The van der Waals surface area contributed by atoms with Crippen LogP contribution in [0.5, 0.6) is 0 Å². The second kappa shape index (κ2) is 11.1. The fourth-order valence-corrected chi connectivity index (χ4v) is 4.59. The van der Waals surface area contributed by atoms with Gasteiger partial charge in [-0.2, -0.15) is 0 Å². The molecule has 1 aliphatic rings.